The molecule has 0 radical (unpaired) electrons. The van der Waals surface area contributed by atoms with Crippen LogP contribution in [0.3, 0.4) is 0 Å². The van der Waals surface area contributed by atoms with Crippen molar-refractivity contribution in [2.75, 3.05) is 20.3 Å². The van der Waals surface area contributed by atoms with Crippen molar-refractivity contribution in [1.82, 2.24) is 5.32 Å². The van der Waals surface area contributed by atoms with Crippen LogP contribution in [0.4, 0.5) is 0 Å². The minimum Gasteiger partial charge on any atom is -0.493 e. The van der Waals surface area contributed by atoms with Crippen molar-refractivity contribution in [2.45, 2.75) is 39.0 Å². The zero-order chi connectivity index (χ0) is 25.7. The summed E-state index contributed by atoms with van der Waals surface area (Å²) < 4.78 is 21.9. The standard InChI is InChI=1S/C28H29NO7/c1-17-25(28(32)35-15-14-34-20-8-5-4-6-9-20)26(27-21(29-17)10-7-11-22(27)31)19-12-13-23(36-18(2)30)24(16-19)33-3/h4-6,8-9,12-13,16,26,29H,7,10-11,14-15H2,1-3H3/t26-/m0/s1. The first kappa shape index (κ1) is 25.0. The van der Waals surface area contributed by atoms with Crippen LogP contribution < -0.4 is 19.5 Å². The Morgan fingerprint density at radius 2 is 1.81 bits per heavy atom. The zero-order valence-electron chi connectivity index (χ0n) is 20.6. The molecule has 1 aliphatic carbocycles. The zero-order valence-corrected chi connectivity index (χ0v) is 20.6. The lowest BCUT2D eigenvalue weighted by molar-refractivity contribution is -0.140. The molecule has 0 aromatic heterocycles. The van der Waals surface area contributed by atoms with E-state index in [2.05, 4.69) is 5.32 Å². The normalized spacial score (nSPS) is 17.2. The van der Waals surface area contributed by atoms with Crippen molar-refractivity contribution in [3.05, 3.63) is 76.6 Å². The molecule has 1 N–H and O–H groups in total. The molecule has 36 heavy (non-hydrogen) atoms. The van der Waals surface area contributed by atoms with Gasteiger partial charge in [-0.25, -0.2) is 4.79 Å². The van der Waals surface area contributed by atoms with Gasteiger partial charge in [-0.2, -0.15) is 0 Å². The summed E-state index contributed by atoms with van der Waals surface area (Å²) in [5.41, 5.74) is 3.03. The van der Waals surface area contributed by atoms with Gasteiger partial charge in [0.25, 0.3) is 0 Å². The maximum Gasteiger partial charge on any atom is 0.336 e. The minimum absolute atomic E-state index is 0.0120. The van der Waals surface area contributed by atoms with E-state index in [0.29, 0.717) is 46.7 Å². The number of benzene rings is 2. The smallest absolute Gasteiger partial charge is 0.336 e. The first-order valence-corrected chi connectivity index (χ1v) is 11.8. The quantitative estimate of drug-likeness (QED) is 0.333. The molecular weight excluding hydrogens is 462 g/mol. The van der Waals surface area contributed by atoms with Crippen molar-refractivity contribution >= 4 is 17.7 Å². The highest BCUT2D eigenvalue weighted by atomic mass is 16.6. The van der Waals surface area contributed by atoms with E-state index in [1.807, 2.05) is 30.3 Å². The predicted molar refractivity (Wildman–Crippen MR) is 132 cm³/mol. The van der Waals surface area contributed by atoms with E-state index >= 15 is 0 Å². The molecule has 188 valence electrons. The van der Waals surface area contributed by atoms with E-state index in [9.17, 15) is 14.4 Å². The van der Waals surface area contributed by atoms with Crippen molar-refractivity contribution in [3.63, 3.8) is 0 Å². The number of carbonyl (C=O) groups excluding carboxylic acids is 3. The monoisotopic (exact) mass is 491 g/mol. The molecule has 1 aliphatic heterocycles. The second kappa shape index (κ2) is 11.1. The van der Waals surface area contributed by atoms with Crippen molar-refractivity contribution in [1.29, 1.82) is 0 Å². The number of ether oxygens (including phenoxy) is 4. The number of methoxy groups -OCH3 is 1. The summed E-state index contributed by atoms with van der Waals surface area (Å²) in [6.07, 6.45) is 1.87. The molecule has 2 aromatic rings. The maximum atomic E-state index is 13.3. The summed E-state index contributed by atoms with van der Waals surface area (Å²) in [6, 6.07) is 14.3. The molecule has 8 heteroatoms. The summed E-state index contributed by atoms with van der Waals surface area (Å²) in [7, 11) is 1.47. The highest BCUT2D eigenvalue weighted by Crippen LogP contribution is 2.44. The third kappa shape index (κ3) is 5.43. The molecule has 0 saturated heterocycles. The average molecular weight is 492 g/mol. The molecule has 0 unspecified atom stereocenters. The number of esters is 2. The van der Waals surface area contributed by atoms with Crippen LogP contribution in [-0.4, -0.2) is 38.0 Å². The highest BCUT2D eigenvalue weighted by molar-refractivity contribution is 6.03. The molecule has 0 amide bonds. The molecular formula is C28H29NO7. The van der Waals surface area contributed by atoms with Gasteiger partial charge in [-0.05, 0) is 49.6 Å². The number of hydrogen-bond acceptors (Lipinski definition) is 8. The van der Waals surface area contributed by atoms with E-state index in [-0.39, 0.29) is 24.7 Å². The number of dihydropyridines is 1. The Labute approximate surface area is 209 Å². The second-order valence-corrected chi connectivity index (χ2v) is 8.57. The lowest BCUT2D eigenvalue weighted by Crippen LogP contribution is -2.34. The summed E-state index contributed by atoms with van der Waals surface area (Å²) in [5.74, 6) is -0.395. The number of para-hydroxylation sites is 1. The molecule has 0 bridgehead atoms. The van der Waals surface area contributed by atoms with Gasteiger partial charge in [0.15, 0.2) is 17.3 Å². The molecule has 0 saturated carbocycles. The first-order chi connectivity index (χ1) is 17.4. The van der Waals surface area contributed by atoms with Crippen LogP contribution in [0.5, 0.6) is 17.2 Å². The van der Waals surface area contributed by atoms with Crippen LogP contribution in [0.15, 0.2) is 71.1 Å². The number of carbonyl (C=O) groups is 3. The Hall–Kier alpha value is -4.07. The van der Waals surface area contributed by atoms with Crippen LogP contribution in [-0.2, 0) is 19.1 Å². The molecule has 4 rings (SSSR count). The Morgan fingerprint density at radius 3 is 2.53 bits per heavy atom. The predicted octanol–water partition coefficient (Wildman–Crippen LogP) is 4.21. The van der Waals surface area contributed by atoms with Gasteiger partial charge in [0.05, 0.1) is 12.7 Å². The third-order valence-electron chi connectivity index (χ3n) is 6.10. The Bertz CT molecular complexity index is 1230. The van der Waals surface area contributed by atoms with Gasteiger partial charge in [0, 0.05) is 36.2 Å². The van der Waals surface area contributed by atoms with Crippen LogP contribution in [0.25, 0.3) is 0 Å². The fraction of sp³-hybridized carbons (Fsp3) is 0.321. The molecule has 2 aliphatic rings. The van der Waals surface area contributed by atoms with E-state index in [1.54, 1.807) is 25.1 Å². The summed E-state index contributed by atoms with van der Waals surface area (Å²) >= 11 is 0. The lowest BCUT2D eigenvalue weighted by Gasteiger charge is -2.34. The number of hydrogen-bond donors (Lipinski definition) is 1. The Morgan fingerprint density at radius 1 is 1.03 bits per heavy atom. The van der Waals surface area contributed by atoms with Gasteiger partial charge >= 0.3 is 11.9 Å². The van der Waals surface area contributed by atoms with Crippen LogP contribution in [0.1, 0.15) is 44.6 Å². The van der Waals surface area contributed by atoms with E-state index in [0.717, 1.165) is 12.1 Å². The maximum absolute atomic E-state index is 13.3. The van der Waals surface area contributed by atoms with Crippen LogP contribution in [0, 0.1) is 0 Å². The number of nitrogens with one attached hydrogen (secondary N) is 1. The van der Waals surface area contributed by atoms with E-state index in [1.165, 1.54) is 14.0 Å². The number of allylic oxidation sites excluding steroid dienone is 3. The molecule has 1 atom stereocenters. The molecule has 0 spiro atoms. The highest BCUT2D eigenvalue weighted by Gasteiger charge is 2.39. The lowest BCUT2D eigenvalue weighted by atomic mass is 9.75. The fourth-order valence-electron chi connectivity index (χ4n) is 4.58. The van der Waals surface area contributed by atoms with Crippen molar-refractivity contribution < 1.29 is 33.3 Å². The fourth-order valence-corrected chi connectivity index (χ4v) is 4.58. The third-order valence-corrected chi connectivity index (χ3v) is 6.10. The van der Waals surface area contributed by atoms with E-state index in [4.69, 9.17) is 18.9 Å². The largest absolute Gasteiger partial charge is 0.493 e. The summed E-state index contributed by atoms with van der Waals surface area (Å²) in [6.45, 7) is 3.35. The van der Waals surface area contributed by atoms with Crippen molar-refractivity contribution in [2.24, 2.45) is 0 Å². The molecule has 8 nitrogen and oxygen atoms in total. The molecule has 2 aromatic carbocycles. The number of Topliss-reactive ketones (excluding diaryl/α,β-unsaturated/α-hetero) is 1. The Balaban J connectivity index is 1.63. The first-order valence-electron chi connectivity index (χ1n) is 11.8. The van der Waals surface area contributed by atoms with Crippen molar-refractivity contribution in [3.8, 4) is 17.2 Å². The Kier molecular flexibility index (Phi) is 7.73. The van der Waals surface area contributed by atoms with Gasteiger partial charge in [0.2, 0.25) is 0 Å². The minimum atomic E-state index is -0.642. The summed E-state index contributed by atoms with van der Waals surface area (Å²) in [4.78, 5) is 37.9. The topological polar surface area (TPSA) is 100 Å². The summed E-state index contributed by atoms with van der Waals surface area (Å²) in [5, 5.41) is 3.27. The van der Waals surface area contributed by atoms with Gasteiger partial charge < -0.3 is 24.3 Å². The van der Waals surface area contributed by atoms with Gasteiger partial charge in [-0.3, -0.25) is 9.59 Å². The number of rotatable bonds is 8. The number of ketones is 1. The van der Waals surface area contributed by atoms with Crippen LogP contribution >= 0.6 is 0 Å². The van der Waals surface area contributed by atoms with Gasteiger partial charge in [-0.15, -0.1) is 0 Å². The van der Waals surface area contributed by atoms with Gasteiger partial charge in [0.1, 0.15) is 19.0 Å². The van der Waals surface area contributed by atoms with Crippen LogP contribution in [0.2, 0.25) is 0 Å². The molecule has 0 fully saturated rings. The second-order valence-electron chi connectivity index (χ2n) is 8.57. The average Bonchev–Trinajstić information content (AvgIpc) is 2.86. The molecule has 1 heterocycles. The van der Waals surface area contributed by atoms with Gasteiger partial charge in [-0.1, -0.05) is 24.3 Å². The SMILES string of the molecule is COc1cc([C@H]2C(C(=O)OCCOc3ccccc3)=C(C)NC3=C2C(=O)CCC3)ccc1OC(C)=O. The van der Waals surface area contributed by atoms with E-state index < -0.39 is 17.9 Å².